The van der Waals surface area contributed by atoms with Crippen LogP contribution in [0.1, 0.15) is 30.9 Å². The van der Waals surface area contributed by atoms with Crippen LogP contribution in [0.5, 0.6) is 0 Å². The van der Waals surface area contributed by atoms with Crippen molar-refractivity contribution >= 4 is 28.6 Å². The molecule has 1 heterocycles. The molecule has 2 heteroatoms. The summed E-state index contributed by atoms with van der Waals surface area (Å²) in [6.07, 6.45) is 1.21. The predicted molar refractivity (Wildman–Crippen MR) is 65.6 cm³/mol. The van der Waals surface area contributed by atoms with E-state index >= 15 is 0 Å². The molecular weight excluding hydrogens is 273 g/mol. The smallest absolute Gasteiger partial charge is 0.0591 e. The van der Waals surface area contributed by atoms with Crippen molar-refractivity contribution in [1.29, 1.82) is 0 Å². The maximum absolute atomic E-state index is 2.40. The lowest BCUT2D eigenvalue weighted by molar-refractivity contribution is 0.866. The van der Waals surface area contributed by atoms with Gasteiger partial charge in [-0.1, -0.05) is 26.0 Å². The van der Waals surface area contributed by atoms with Crippen LogP contribution in [0.4, 0.5) is 5.69 Å². The molecule has 1 aromatic carbocycles. The van der Waals surface area contributed by atoms with Crippen molar-refractivity contribution in [2.45, 2.75) is 26.2 Å². The molecule has 0 aromatic heterocycles. The molecule has 0 N–H and O–H groups in total. The molecule has 1 nitrogen and oxygen atoms in total. The van der Waals surface area contributed by atoms with Crippen LogP contribution in [0.25, 0.3) is 0 Å². The summed E-state index contributed by atoms with van der Waals surface area (Å²) in [5, 5.41) is 0. The first-order chi connectivity index (χ1) is 6.18. The van der Waals surface area contributed by atoms with Crippen molar-refractivity contribution in [3.8, 4) is 0 Å². The van der Waals surface area contributed by atoms with Gasteiger partial charge in [-0.3, -0.25) is 0 Å². The third kappa shape index (κ3) is 1.68. The van der Waals surface area contributed by atoms with Crippen molar-refractivity contribution in [2.75, 3.05) is 9.66 Å². The molecule has 0 amide bonds. The maximum Gasteiger partial charge on any atom is 0.0591 e. The van der Waals surface area contributed by atoms with E-state index in [1.807, 2.05) is 0 Å². The lowest BCUT2D eigenvalue weighted by atomic mass is 10.0. The minimum atomic E-state index is 0.635. The molecule has 0 radical (unpaired) electrons. The Morgan fingerprint density at radius 3 is 2.85 bits per heavy atom. The largest absolute Gasteiger partial charge is 0.314 e. The monoisotopic (exact) mass is 287 g/mol. The van der Waals surface area contributed by atoms with Crippen molar-refractivity contribution < 1.29 is 0 Å². The van der Waals surface area contributed by atoms with Crippen molar-refractivity contribution in [1.82, 2.24) is 0 Å². The highest BCUT2D eigenvalue weighted by Gasteiger charge is 2.17. The summed E-state index contributed by atoms with van der Waals surface area (Å²) < 4.78 is 2.32. The summed E-state index contributed by atoms with van der Waals surface area (Å²) in [7, 11) is 0. The van der Waals surface area contributed by atoms with Gasteiger partial charge in [-0.15, -0.1) is 0 Å². The standard InChI is InChI=1S/C11H14IN/c1-8(2)10-4-3-9-5-6-13(12)11(9)7-10/h3-4,7-8H,5-6H2,1-2H3. The van der Waals surface area contributed by atoms with Gasteiger partial charge in [0.05, 0.1) is 22.9 Å². The van der Waals surface area contributed by atoms with E-state index in [2.05, 4.69) is 58.0 Å². The van der Waals surface area contributed by atoms with Gasteiger partial charge in [0.15, 0.2) is 0 Å². The van der Waals surface area contributed by atoms with Gasteiger partial charge in [0.1, 0.15) is 0 Å². The molecule has 0 atom stereocenters. The first-order valence-electron chi connectivity index (χ1n) is 4.74. The molecule has 2 rings (SSSR count). The number of rotatable bonds is 1. The topological polar surface area (TPSA) is 3.24 Å². The Balaban J connectivity index is 2.42. The van der Waals surface area contributed by atoms with Crippen molar-refractivity contribution in [2.24, 2.45) is 0 Å². The third-order valence-corrected chi connectivity index (χ3v) is 3.62. The van der Waals surface area contributed by atoms with Gasteiger partial charge < -0.3 is 3.11 Å². The highest BCUT2D eigenvalue weighted by Crippen LogP contribution is 2.33. The summed E-state index contributed by atoms with van der Waals surface area (Å²) in [6.45, 7) is 5.65. The number of anilines is 1. The molecule has 0 saturated heterocycles. The Morgan fingerprint density at radius 2 is 2.15 bits per heavy atom. The van der Waals surface area contributed by atoms with E-state index in [-0.39, 0.29) is 0 Å². The van der Waals surface area contributed by atoms with Crippen LogP contribution in [-0.4, -0.2) is 6.54 Å². The zero-order valence-electron chi connectivity index (χ0n) is 8.05. The summed E-state index contributed by atoms with van der Waals surface area (Å²) in [5.74, 6) is 0.635. The third-order valence-electron chi connectivity index (χ3n) is 2.61. The molecule has 1 aromatic rings. The van der Waals surface area contributed by atoms with Gasteiger partial charge in [0, 0.05) is 12.2 Å². The lowest BCUT2D eigenvalue weighted by Gasteiger charge is -2.12. The number of hydrogen-bond acceptors (Lipinski definition) is 1. The molecular formula is C11H14IN. The molecule has 1 aliphatic heterocycles. The highest BCUT2D eigenvalue weighted by atomic mass is 127. The lowest BCUT2D eigenvalue weighted by Crippen LogP contribution is -2.03. The normalized spacial score (nSPS) is 15.2. The SMILES string of the molecule is CC(C)c1ccc2c(c1)N(I)CC2. The minimum absolute atomic E-state index is 0.635. The van der Waals surface area contributed by atoms with Crippen molar-refractivity contribution in [3.05, 3.63) is 29.3 Å². The summed E-state index contributed by atoms with van der Waals surface area (Å²) in [5.41, 5.74) is 4.37. The Hall–Kier alpha value is -0.250. The Kier molecular flexibility index (Phi) is 2.49. The number of halogens is 1. The van der Waals surface area contributed by atoms with Gasteiger partial charge in [0.25, 0.3) is 0 Å². The zero-order chi connectivity index (χ0) is 9.42. The average Bonchev–Trinajstić information content (AvgIpc) is 2.47. The molecule has 0 bridgehead atoms. The van der Waals surface area contributed by atoms with E-state index in [1.54, 1.807) is 0 Å². The highest BCUT2D eigenvalue weighted by molar-refractivity contribution is 14.1. The van der Waals surface area contributed by atoms with E-state index in [0.717, 1.165) is 6.54 Å². The van der Waals surface area contributed by atoms with E-state index in [1.165, 1.54) is 23.2 Å². The van der Waals surface area contributed by atoms with E-state index in [4.69, 9.17) is 0 Å². The van der Waals surface area contributed by atoms with Gasteiger partial charge in [-0.05, 0) is 29.5 Å². The molecule has 0 saturated carbocycles. The van der Waals surface area contributed by atoms with Gasteiger partial charge in [-0.2, -0.15) is 0 Å². The van der Waals surface area contributed by atoms with Crippen LogP contribution in [-0.2, 0) is 6.42 Å². The Morgan fingerprint density at radius 1 is 1.38 bits per heavy atom. The van der Waals surface area contributed by atoms with Crippen molar-refractivity contribution in [3.63, 3.8) is 0 Å². The fourth-order valence-electron chi connectivity index (χ4n) is 1.72. The number of hydrogen-bond donors (Lipinski definition) is 0. The second-order valence-electron chi connectivity index (χ2n) is 3.88. The molecule has 0 unspecified atom stereocenters. The van der Waals surface area contributed by atoms with Gasteiger partial charge >= 0.3 is 0 Å². The van der Waals surface area contributed by atoms with E-state index in [0.29, 0.717) is 5.92 Å². The molecule has 1 aliphatic rings. The Labute approximate surface area is 93.6 Å². The van der Waals surface area contributed by atoms with Crippen LogP contribution < -0.4 is 3.11 Å². The fourth-order valence-corrected chi connectivity index (χ4v) is 2.41. The van der Waals surface area contributed by atoms with Crippen LogP contribution in [0, 0.1) is 0 Å². The first kappa shape index (κ1) is 9.31. The molecule has 0 aliphatic carbocycles. The second-order valence-corrected chi connectivity index (χ2v) is 5.04. The summed E-state index contributed by atoms with van der Waals surface area (Å²) >= 11 is 2.40. The Bertz CT molecular complexity index is 320. The number of fused-ring (bicyclic) bond motifs is 1. The van der Waals surface area contributed by atoms with E-state index in [9.17, 15) is 0 Å². The second kappa shape index (κ2) is 3.48. The molecule has 0 spiro atoms. The summed E-state index contributed by atoms with van der Waals surface area (Å²) in [6, 6.07) is 6.88. The van der Waals surface area contributed by atoms with Crippen LogP contribution in [0.3, 0.4) is 0 Å². The molecule has 13 heavy (non-hydrogen) atoms. The van der Waals surface area contributed by atoms with Crippen LogP contribution in [0.2, 0.25) is 0 Å². The van der Waals surface area contributed by atoms with Crippen LogP contribution >= 0.6 is 22.9 Å². The van der Waals surface area contributed by atoms with Gasteiger partial charge in [0.2, 0.25) is 0 Å². The maximum atomic E-state index is 2.40. The molecule has 70 valence electrons. The summed E-state index contributed by atoms with van der Waals surface area (Å²) in [4.78, 5) is 0. The quantitative estimate of drug-likeness (QED) is 0.564. The zero-order valence-corrected chi connectivity index (χ0v) is 10.2. The average molecular weight is 287 g/mol. The van der Waals surface area contributed by atoms with Gasteiger partial charge in [-0.25, -0.2) is 0 Å². The fraction of sp³-hybridized carbons (Fsp3) is 0.455. The predicted octanol–water partition coefficient (Wildman–Crippen LogP) is 3.52. The molecule has 0 fully saturated rings. The van der Waals surface area contributed by atoms with E-state index < -0.39 is 0 Å². The van der Waals surface area contributed by atoms with Crippen LogP contribution in [0.15, 0.2) is 18.2 Å². The minimum Gasteiger partial charge on any atom is -0.314 e. The first-order valence-corrected chi connectivity index (χ1v) is 5.71. The number of nitrogens with zero attached hydrogens (tertiary/aromatic N) is 1. The number of benzene rings is 1.